The molecular formula is C14H21ClN2O3S. The number of amides is 1. The van der Waals surface area contributed by atoms with Gasteiger partial charge in [0, 0.05) is 6.42 Å². The van der Waals surface area contributed by atoms with Gasteiger partial charge in [0.25, 0.3) is 0 Å². The average molecular weight is 333 g/mol. The van der Waals surface area contributed by atoms with Crippen LogP contribution in [0.3, 0.4) is 0 Å². The Labute approximate surface area is 130 Å². The molecule has 0 aliphatic carbocycles. The molecule has 118 valence electrons. The van der Waals surface area contributed by atoms with Crippen molar-refractivity contribution in [3.8, 4) is 0 Å². The molecule has 3 N–H and O–H groups in total. The largest absolute Gasteiger partial charge is 0.325 e. The van der Waals surface area contributed by atoms with E-state index in [1.54, 1.807) is 0 Å². The predicted molar refractivity (Wildman–Crippen MR) is 84.8 cm³/mol. The number of halogens is 1. The first-order valence-electron chi connectivity index (χ1n) is 6.96. The Bertz CT molecular complexity index is 588. The second kappa shape index (κ2) is 8.36. The van der Waals surface area contributed by atoms with E-state index in [0.29, 0.717) is 6.42 Å². The zero-order valence-corrected chi connectivity index (χ0v) is 13.6. The maximum absolute atomic E-state index is 11.8. The molecule has 0 atom stereocenters. The lowest BCUT2D eigenvalue weighted by Gasteiger charge is -2.09. The highest BCUT2D eigenvalue weighted by Crippen LogP contribution is 2.25. The van der Waals surface area contributed by atoms with Crippen molar-refractivity contribution in [2.24, 2.45) is 5.14 Å². The topological polar surface area (TPSA) is 89.3 Å². The molecule has 0 aliphatic rings. The minimum absolute atomic E-state index is 0.0786. The molecule has 0 radical (unpaired) electrons. The zero-order chi connectivity index (χ0) is 15.9. The summed E-state index contributed by atoms with van der Waals surface area (Å²) >= 11 is 5.94. The molecule has 1 aromatic rings. The second-order valence-electron chi connectivity index (χ2n) is 4.90. The van der Waals surface area contributed by atoms with Crippen LogP contribution in [0.15, 0.2) is 23.1 Å². The van der Waals surface area contributed by atoms with Crippen LogP contribution >= 0.6 is 11.6 Å². The van der Waals surface area contributed by atoms with E-state index >= 15 is 0 Å². The molecule has 1 aromatic carbocycles. The smallest absolute Gasteiger partial charge is 0.238 e. The van der Waals surface area contributed by atoms with Gasteiger partial charge >= 0.3 is 0 Å². The quantitative estimate of drug-likeness (QED) is 0.716. The number of benzene rings is 1. The molecule has 1 amide bonds. The van der Waals surface area contributed by atoms with Gasteiger partial charge in [0.15, 0.2) is 0 Å². The van der Waals surface area contributed by atoms with E-state index < -0.39 is 10.0 Å². The molecule has 1 rings (SSSR count). The Balaban J connectivity index is 2.59. The van der Waals surface area contributed by atoms with E-state index in [4.69, 9.17) is 16.7 Å². The minimum atomic E-state index is -3.82. The van der Waals surface area contributed by atoms with Crippen molar-refractivity contribution in [1.29, 1.82) is 0 Å². The molecule has 0 unspecified atom stereocenters. The van der Waals surface area contributed by atoms with Gasteiger partial charge in [-0.15, -0.1) is 0 Å². The monoisotopic (exact) mass is 332 g/mol. The molecular weight excluding hydrogens is 312 g/mol. The van der Waals surface area contributed by atoms with E-state index in [1.807, 2.05) is 0 Å². The van der Waals surface area contributed by atoms with Gasteiger partial charge in [-0.05, 0) is 24.6 Å². The van der Waals surface area contributed by atoms with E-state index in [0.717, 1.165) is 25.7 Å². The van der Waals surface area contributed by atoms with E-state index in [2.05, 4.69) is 12.2 Å². The maximum Gasteiger partial charge on any atom is 0.238 e. The molecule has 0 aliphatic heterocycles. The Morgan fingerprint density at radius 1 is 1.24 bits per heavy atom. The fourth-order valence-corrected chi connectivity index (χ4v) is 2.58. The van der Waals surface area contributed by atoms with Crippen molar-refractivity contribution in [2.75, 3.05) is 5.32 Å². The third kappa shape index (κ3) is 6.46. The number of primary sulfonamides is 1. The summed E-state index contributed by atoms with van der Waals surface area (Å²) in [4.78, 5) is 11.7. The summed E-state index contributed by atoms with van der Waals surface area (Å²) in [7, 11) is -3.82. The number of hydrogen-bond acceptors (Lipinski definition) is 3. The van der Waals surface area contributed by atoms with Crippen molar-refractivity contribution in [3.63, 3.8) is 0 Å². The van der Waals surface area contributed by atoms with Crippen LogP contribution in [0.25, 0.3) is 0 Å². The highest BCUT2D eigenvalue weighted by Gasteiger charge is 2.12. The fraction of sp³-hybridized carbons (Fsp3) is 0.500. The number of hydrogen-bond donors (Lipinski definition) is 2. The summed E-state index contributed by atoms with van der Waals surface area (Å²) in [5.41, 5.74) is 0.266. The lowest BCUT2D eigenvalue weighted by Crippen LogP contribution is -2.15. The molecule has 0 fully saturated rings. The highest BCUT2D eigenvalue weighted by atomic mass is 35.5. The third-order valence-electron chi connectivity index (χ3n) is 3.05. The number of nitrogens with one attached hydrogen (secondary N) is 1. The van der Waals surface area contributed by atoms with Crippen molar-refractivity contribution in [1.82, 2.24) is 0 Å². The summed E-state index contributed by atoms with van der Waals surface area (Å²) in [5, 5.41) is 7.95. The maximum atomic E-state index is 11.8. The van der Waals surface area contributed by atoms with Gasteiger partial charge in [0.05, 0.1) is 15.6 Å². The number of carbonyl (C=O) groups is 1. The van der Waals surface area contributed by atoms with Crippen molar-refractivity contribution < 1.29 is 13.2 Å². The molecule has 7 heteroatoms. The first-order valence-corrected chi connectivity index (χ1v) is 8.89. The molecule has 0 saturated heterocycles. The Hall–Kier alpha value is -1.11. The Morgan fingerprint density at radius 2 is 1.90 bits per heavy atom. The van der Waals surface area contributed by atoms with Gasteiger partial charge in [-0.1, -0.05) is 44.2 Å². The summed E-state index contributed by atoms with van der Waals surface area (Å²) < 4.78 is 22.6. The number of unbranched alkanes of at least 4 members (excludes halogenated alkanes) is 4. The molecule has 0 aromatic heterocycles. The third-order valence-corrected chi connectivity index (χ3v) is 4.29. The summed E-state index contributed by atoms with van der Waals surface area (Å²) in [6, 6.07) is 3.98. The van der Waals surface area contributed by atoms with Crippen molar-refractivity contribution >= 4 is 33.2 Å². The molecule has 0 spiro atoms. The van der Waals surface area contributed by atoms with Crippen LogP contribution in [0.5, 0.6) is 0 Å². The normalized spacial score (nSPS) is 11.4. The standard InChI is InChI=1S/C14H21ClN2O3S/c1-2-3-4-5-6-7-14(18)17-13-10-11(21(16,19)20)8-9-12(13)15/h8-10H,2-7H2,1H3,(H,17,18)(H2,16,19,20). The average Bonchev–Trinajstić information content (AvgIpc) is 2.40. The van der Waals surface area contributed by atoms with Crippen LogP contribution in [-0.4, -0.2) is 14.3 Å². The highest BCUT2D eigenvalue weighted by molar-refractivity contribution is 7.89. The number of rotatable bonds is 8. The van der Waals surface area contributed by atoms with Crippen molar-refractivity contribution in [3.05, 3.63) is 23.2 Å². The summed E-state index contributed by atoms with van der Waals surface area (Å²) in [5.74, 6) is -0.181. The van der Waals surface area contributed by atoms with Crippen LogP contribution < -0.4 is 10.5 Å². The first kappa shape index (κ1) is 17.9. The van der Waals surface area contributed by atoms with Crippen LogP contribution in [0.2, 0.25) is 5.02 Å². The minimum Gasteiger partial charge on any atom is -0.325 e. The second-order valence-corrected chi connectivity index (χ2v) is 6.87. The summed E-state index contributed by atoms with van der Waals surface area (Å²) in [6.45, 7) is 2.13. The van der Waals surface area contributed by atoms with Gasteiger partial charge in [-0.3, -0.25) is 4.79 Å². The SMILES string of the molecule is CCCCCCCC(=O)Nc1cc(S(N)(=O)=O)ccc1Cl. The van der Waals surface area contributed by atoms with Crippen LogP contribution in [-0.2, 0) is 14.8 Å². The molecule has 21 heavy (non-hydrogen) atoms. The molecule has 5 nitrogen and oxygen atoms in total. The lowest BCUT2D eigenvalue weighted by atomic mass is 10.1. The van der Waals surface area contributed by atoms with Gasteiger partial charge in [-0.25, -0.2) is 13.6 Å². The molecule has 0 bridgehead atoms. The van der Waals surface area contributed by atoms with Gasteiger partial charge in [0.2, 0.25) is 15.9 Å². The van der Waals surface area contributed by atoms with E-state index in [1.165, 1.54) is 24.6 Å². The van der Waals surface area contributed by atoms with Gasteiger partial charge in [-0.2, -0.15) is 0 Å². The van der Waals surface area contributed by atoms with Gasteiger partial charge < -0.3 is 5.32 Å². The number of sulfonamides is 1. The summed E-state index contributed by atoms with van der Waals surface area (Å²) in [6.07, 6.45) is 5.64. The van der Waals surface area contributed by atoms with Crippen molar-refractivity contribution in [2.45, 2.75) is 50.3 Å². The van der Waals surface area contributed by atoms with Gasteiger partial charge in [0.1, 0.15) is 0 Å². The lowest BCUT2D eigenvalue weighted by molar-refractivity contribution is -0.116. The van der Waals surface area contributed by atoms with Crippen LogP contribution in [0.4, 0.5) is 5.69 Å². The predicted octanol–water partition coefficient (Wildman–Crippen LogP) is 3.29. The fourth-order valence-electron chi connectivity index (χ4n) is 1.88. The molecule has 0 heterocycles. The van der Waals surface area contributed by atoms with Crippen LogP contribution in [0.1, 0.15) is 45.4 Å². The zero-order valence-electron chi connectivity index (χ0n) is 12.1. The van der Waals surface area contributed by atoms with Crippen LogP contribution in [0, 0.1) is 0 Å². The number of nitrogens with two attached hydrogens (primary N) is 1. The Kier molecular flexibility index (Phi) is 7.14. The Morgan fingerprint density at radius 3 is 2.52 bits per heavy atom. The number of anilines is 1. The van der Waals surface area contributed by atoms with E-state index in [-0.39, 0.29) is 21.5 Å². The molecule has 0 saturated carbocycles. The first-order chi connectivity index (χ1) is 9.84. The van der Waals surface area contributed by atoms with E-state index in [9.17, 15) is 13.2 Å². The number of carbonyl (C=O) groups excluding carboxylic acids is 1.